The van der Waals surface area contributed by atoms with Crippen LogP contribution in [0.4, 0.5) is 11.4 Å². The Morgan fingerprint density at radius 3 is 2.79 bits per heavy atom. The minimum absolute atomic E-state index is 0.0742. The fourth-order valence-electron chi connectivity index (χ4n) is 3.04. The zero-order valence-electron chi connectivity index (χ0n) is 15.2. The number of benzene rings is 1. The second kappa shape index (κ2) is 6.95. The van der Waals surface area contributed by atoms with Gasteiger partial charge in [0.15, 0.2) is 5.82 Å². The largest absolute Gasteiger partial charge is 0.335 e. The van der Waals surface area contributed by atoms with Gasteiger partial charge in [-0.2, -0.15) is 0 Å². The predicted octanol–water partition coefficient (Wildman–Crippen LogP) is 2.58. The second-order valence-corrected chi connectivity index (χ2v) is 8.59. The van der Waals surface area contributed by atoms with Crippen molar-refractivity contribution < 1.29 is 9.59 Å². The summed E-state index contributed by atoms with van der Waals surface area (Å²) in [5, 5.41) is 13.4. The molecule has 144 valence electrons. The summed E-state index contributed by atoms with van der Waals surface area (Å²) < 4.78 is 1.38. The normalized spacial score (nSPS) is 15.2. The molecule has 2 aromatic heterocycles. The first-order valence-electron chi connectivity index (χ1n) is 8.50. The molecule has 10 heteroatoms. The number of nitrogens with zero attached hydrogens (tertiary/aromatic N) is 4. The standard InChI is InChI=1S/C18H18N6O2S2/c1-18(2)16(26)20-11-6-3-4-7-12(11)23(18)14(25)10-28-17-22-21-15(24(17)19)13-8-5-9-27-13/h3-9H,10,19H2,1-2H3,(H,20,26). The predicted molar refractivity (Wildman–Crippen MR) is 111 cm³/mol. The number of carbonyl (C=O) groups is 2. The maximum atomic E-state index is 13.1. The van der Waals surface area contributed by atoms with Gasteiger partial charge in [-0.1, -0.05) is 30.0 Å². The third-order valence-electron chi connectivity index (χ3n) is 4.49. The van der Waals surface area contributed by atoms with E-state index in [9.17, 15) is 9.59 Å². The number of hydrogen-bond acceptors (Lipinski definition) is 7. The summed E-state index contributed by atoms with van der Waals surface area (Å²) in [6, 6.07) is 11.1. The molecule has 0 aliphatic carbocycles. The molecule has 0 fully saturated rings. The first-order valence-corrected chi connectivity index (χ1v) is 10.4. The smallest absolute Gasteiger partial charge is 0.250 e. The van der Waals surface area contributed by atoms with Gasteiger partial charge in [0.25, 0.3) is 0 Å². The summed E-state index contributed by atoms with van der Waals surface area (Å²) >= 11 is 2.70. The van der Waals surface area contributed by atoms with Crippen molar-refractivity contribution >= 4 is 46.3 Å². The van der Waals surface area contributed by atoms with Crippen molar-refractivity contribution in [2.24, 2.45) is 0 Å². The summed E-state index contributed by atoms with van der Waals surface area (Å²) in [5.74, 6) is 6.28. The molecule has 4 rings (SSSR count). The Balaban J connectivity index is 1.56. The molecule has 0 atom stereocenters. The summed E-state index contributed by atoms with van der Waals surface area (Å²) in [5.41, 5.74) is 0.281. The Bertz CT molecular complexity index is 1040. The highest BCUT2D eigenvalue weighted by Gasteiger charge is 2.43. The van der Waals surface area contributed by atoms with E-state index in [-0.39, 0.29) is 17.6 Å². The fourth-order valence-corrected chi connectivity index (χ4v) is 4.45. The molecule has 8 nitrogen and oxygen atoms in total. The first-order chi connectivity index (χ1) is 13.4. The zero-order chi connectivity index (χ0) is 19.9. The summed E-state index contributed by atoms with van der Waals surface area (Å²) in [6.07, 6.45) is 0. The minimum atomic E-state index is -1.01. The SMILES string of the molecule is CC1(C)C(=O)Nc2ccccc2N1C(=O)CSc1nnc(-c2cccs2)n1N. The van der Waals surface area contributed by atoms with Crippen molar-refractivity contribution in [1.29, 1.82) is 0 Å². The van der Waals surface area contributed by atoms with Crippen LogP contribution in [0, 0.1) is 0 Å². The van der Waals surface area contributed by atoms with Crippen LogP contribution in [-0.4, -0.2) is 38.0 Å². The number of anilines is 2. The molecule has 1 aliphatic rings. The minimum Gasteiger partial charge on any atom is -0.335 e. The van der Waals surface area contributed by atoms with Gasteiger partial charge in [0.1, 0.15) is 5.54 Å². The topological polar surface area (TPSA) is 106 Å². The van der Waals surface area contributed by atoms with Crippen molar-refractivity contribution in [3.8, 4) is 10.7 Å². The maximum absolute atomic E-state index is 13.1. The van der Waals surface area contributed by atoms with Crippen LogP contribution >= 0.6 is 23.1 Å². The average Bonchev–Trinajstić information content (AvgIpc) is 3.30. The zero-order valence-corrected chi connectivity index (χ0v) is 16.9. The molecular weight excluding hydrogens is 396 g/mol. The van der Waals surface area contributed by atoms with E-state index in [1.54, 1.807) is 19.9 Å². The fraction of sp³-hybridized carbons (Fsp3) is 0.222. The number of para-hydroxylation sites is 2. The van der Waals surface area contributed by atoms with E-state index in [1.807, 2.05) is 35.7 Å². The van der Waals surface area contributed by atoms with Gasteiger partial charge in [0.05, 0.1) is 22.0 Å². The van der Waals surface area contributed by atoms with Crippen LogP contribution in [0.1, 0.15) is 13.8 Å². The first kappa shape index (κ1) is 18.5. The number of rotatable bonds is 4. The van der Waals surface area contributed by atoms with E-state index in [4.69, 9.17) is 5.84 Å². The van der Waals surface area contributed by atoms with E-state index in [2.05, 4.69) is 15.5 Å². The number of nitrogens with one attached hydrogen (secondary N) is 1. The Hall–Kier alpha value is -2.85. The lowest BCUT2D eigenvalue weighted by molar-refractivity contribution is -0.125. The van der Waals surface area contributed by atoms with Crippen LogP contribution in [0.15, 0.2) is 46.9 Å². The molecule has 0 bridgehead atoms. The Morgan fingerprint density at radius 2 is 2.04 bits per heavy atom. The number of nitrogens with two attached hydrogens (primary N) is 1. The molecule has 3 N–H and O–H groups in total. The summed E-state index contributed by atoms with van der Waals surface area (Å²) in [7, 11) is 0. The number of amides is 2. The number of fused-ring (bicyclic) bond motifs is 1. The van der Waals surface area contributed by atoms with Crippen molar-refractivity contribution in [3.63, 3.8) is 0 Å². The molecule has 0 spiro atoms. The molecule has 3 aromatic rings. The van der Waals surface area contributed by atoms with Gasteiger partial charge in [-0.3, -0.25) is 14.5 Å². The van der Waals surface area contributed by atoms with Crippen LogP contribution in [-0.2, 0) is 9.59 Å². The van der Waals surface area contributed by atoms with Crippen LogP contribution in [0.25, 0.3) is 10.7 Å². The number of aromatic nitrogens is 3. The van der Waals surface area contributed by atoms with Gasteiger partial charge in [0, 0.05) is 0 Å². The van der Waals surface area contributed by atoms with Crippen molar-refractivity contribution in [2.45, 2.75) is 24.5 Å². The average molecular weight is 415 g/mol. The van der Waals surface area contributed by atoms with Gasteiger partial charge in [-0.05, 0) is 37.4 Å². The van der Waals surface area contributed by atoms with Crippen molar-refractivity contribution in [1.82, 2.24) is 14.9 Å². The quantitative estimate of drug-likeness (QED) is 0.502. The molecule has 0 saturated heterocycles. The summed E-state index contributed by atoms with van der Waals surface area (Å²) in [4.78, 5) is 28.0. The number of thiophene rings is 1. The molecule has 3 heterocycles. The number of thioether (sulfide) groups is 1. The molecular formula is C18H18N6O2S2. The second-order valence-electron chi connectivity index (χ2n) is 6.70. The van der Waals surface area contributed by atoms with Crippen molar-refractivity contribution in [3.05, 3.63) is 41.8 Å². The van der Waals surface area contributed by atoms with Gasteiger partial charge in [-0.15, -0.1) is 21.5 Å². The molecule has 1 aliphatic heterocycles. The number of nitrogen functional groups attached to an aromatic ring is 1. The van der Waals surface area contributed by atoms with Gasteiger partial charge >= 0.3 is 0 Å². The molecule has 0 unspecified atom stereocenters. The Labute approximate surface area is 169 Å². The van der Waals surface area contributed by atoms with E-state index >= 15 is 0 Å². The monoisotopic (exact) mass is 414 g/mol. The lowest BCUT2D eigenvalue weighted by atomic mass is 9.96. The van der Waals surface area contributed by atoms with Crippen LogP contribution in [0.3, 0.4) is 0 Å². The molecule has 0 radical (unpaired) electrons. The van der Waals surface area contributed by atoms with E-state index in [0.29, 0.717) is 22.4 Å². The van der Waals surface area contributed by atoms with Crippen LogP contribution in [0.2, 0.25) is 0 Å². The third-order valence-corrected chi connectivity index (χ3v) is 6.28. The van der Waals surface area contributed by atoms with Gasteiger partial charge in [0.2, 0.25) is 17.0 Å². The highest BCUT2D eigenvalue weighted by molar-refractivity contribution is 7.99. The number of hydrogen-bond donors (Lipinski definition) is 2. The number of carbonyl (C=O) groups excluding carboxylic acids is 2. The summed E-state index contributed by atoms with van der Waals surface area (Å²) in [6.45, 7) is 3.45. The van der Waals surface area contributed by atoms with Crippen LogP contribution < -0.4 is 16.1 Å². The highest BCUT2D eigenvalue weighted by Crippen LogP contribution is 2.37. The molecule has 1 aromatic carbocycles. The molecule has 0 saturated carbocycles. The molecule has 28 heavy (non-hydrogen) atoms. The van der Waals surface area contributed by atoms with E-state index in [1.165, 1.54) is 32.7 Å². The third kappa shape index (κ3) is 3.04. The van der Waals surface area contributed by atoms with E-state index < -0.39 is 5.54 Å². The lowest BCUT2D eigenvalue weighted by Crippen LogP contribution is -2.59. The van der Waals surface area contributed by atoms with E-state index in [0.717, 1.165) is 4.88 Å². The van der Waals surface area contributed by atoms with Gasteiger partial charge in [-0.25, -0.2) is 4.68 Å². The Morgan fingerprint density at radius 1 is 1.25 bits per heavy atom. The van der Waals surface area contributed by atoms with Crippen molar-refractivity contribution in [2.75, 3.05) is 21.8 Å². The lowest BCUT2D eigenvalue weighted by Gasteiger charge is -2.42. The highest BCUT2D eigenvalue weighted by atomic mass is 32.2. The maximum Gasteiger partial charge on any atom is 0.250 e. The van der Waals surface area contributed by atoms with Crippen LogP contribution in [0.5, 0.6) is 0 Å². The Kier molecular flexibility index (Phi) is 4.60. The molecule has 2 amide bonds. The van der Waals surface area contributed by atoms with Gasteiger partial charge < -0.3 is 11.2 Å².